The number of aryl methyl sites for hydroxylation is 1. The molecule has 5 N–H and O–H groups in total. The highest BCUT2D eigenvalue weighted by Crippen LogP contribution is 2.36. The number of hydrogen-bond donors (Lipinski definition) is 4. The van der Waals surface area contributed by atoms with Crippen LogP contribution in [0, 0.1) is 17.8 Å². The summed E-state index contributed by atoms with van der Waals surface area (Å²) in [6, 6.07) is 13.1. The number of anilines is 3. The lowest BCUT2D eigenvalue weighted by molar-refractivity contribution is -0.117. The highest BCUT2D eigenvalue weighted by Gasteiger charge is 2.30. The van der Waals surface area contributed by atoms with E-state index in [2.05, 4.69) is 63.8 Å². The van der Waals surface area contributed by atoms with Crippen LogP contribution in [0.1, 0.15) is 75.1 Å². The third-order valence-corrected chi connectivity index (χ3v) is 7.55. The first-order chi connectivity index (χ1) is 22.1. The number of rotatable bonds is 13. The Labute approximate surface area is 272 Å². The number of amides is 2. The minimum Gasteiger partial charge on any atom is -0.494 e. The zero-order valence-electron chi connectivity index (χ0n) is 28.1. The fourth-order valence-electron chi connectivity index (χ4n) is 4.91. The van der Waals surface area contributed by atoms with Crippen molar-refractivity contribution < 1.29 is 14.3 Å². The van der Waals surface area contributed by atoms with Crippen molar-refractivity contribution in [1.29, 1.82) is 0 Å². The van der Waals surface area contributed by atoms with Crippen LogP contribution in [-0.2, 0) is 11.2 Å². The van der Waals surface area contributed by atoms with Gasteiger partial charge in [-0.2, -0.15) is 0 Å². The van der Waals surface area contributed by atoms with Crippen LogP contribution in [0.2, 0.25) is 0 Å². The Morgan fingerprint density at radius 2 is 1.87 bits per heavy atom. The van der Waals surface area contributed by atoms with Gasteiger partial charge in [0.05, 0.1) is 18.5 Å². The number of pyridine rings is 1. The zero-order chi connectivity index (χ0) is 33.6. The number of nitrogens with one attached hydrogen (secondary N) is 3. The van der Waals surface area contributed by atoms with E-state index >= 15 is 0 Å². The van der Waals surface area contributed by atoms with Gasteiger partial charge in [0.25, 0.3) is 5.91 Å². The van der Waals surface area contributed by atoms with Crippen LogP contribution in [0.4, 0.5) is 17.2 Å². The SMILES string of the molecule is CCC(CC(C)C)C(/C=C(\N)c1cccc(Nc2cc(NC(=O)C3CC3)nnc2C(=O)NC)c1OC)=NC.CCc1ccccn1. The standard InChI is InChI=1S/C28H39N7O3.C7H9N/c1-7-17(13-16(2)3)22(30-4)14-20(29)19-9-8-10-21(26(19)38-6)32-23-15-24(33-27(36)18-11-12-18)34-35-25(23)28(37)31-5;1-2-7-5-3-4-6-8-7/h8-10,14-18H,7,11-13,29H2,1-6H3,(H,31,37)(H2,32,33,34,36);3-6H,2H2,1H3/b20-14-,30-22?;. The van der Waals surface area contributed by atoms with Crippen LogP contribution < -0.4 is 26.4 Å². The van der Waals surface area contributed by atoms with Gasteiger partial charge in [0, 0.05) is 60.9 Å². The number of hydrogen-bond acceptors (Lipinski definition) is 9. The van der Waals surface area contributed by atoms with Crippen molar-refractivity contribution >= 4 is 40.4 Å². The molecule has 1 atom stereocenters. The molecule has 246 valence electrons. The molecule has 11 heteroatoms. The Hall–Kier alpha value is -4.80. The summed E-state index contributed by atoms with van der Waals surface area (Å²) in [5.74, 6) is 1.07. The summed E-state index contributed by atoms with van der Waals surface area (Å²) in [5, 5.41) is 16.7. The predicted molar refractivity (Wildman–Crippen MR) is 185 cm³/mol. The second-order valence-electron chi connectivity index (χ2n) is 11.5. The van der Waals surface area contributed by atoms with Gasteiger partial charge in [-0.05, 0) is 68.4 Å². The van der Waals surface area contributed by atoms with Crippen molar-refractivity contribution in [2.24, 2.45) is 28.5 Å². The third kappa shape index (κ3) is 10.1. The molecule has 0 radical (unpaired) electrons. The number of para-hydroxylation sites is 1. The van der Waals surface area contributed by atoms with Gasteiger partial charge in [-0.15, -0.1) is 10.2 Å². The fraction of sp³-hybridized carbons (Fsp3) is 0.429. The maximum absolute atomic E-state index is 12.5. The Morgan fingerprint density at radius 1 is 1.11 bits per heavy atom. The molecule has 1 fully saturated rings. The Bertz CT molecular complexity index is 1520. The molecular formula is C35H48N8O3. The van der Waals surface area contributed by atoms with E-state index in [1.54, 1.807) is 20.2 Å². The van der Waals surface area contributed by atoms with Gasteiger partial charge in [0.2, 0.25) is 5.91 Å². The molecule has 11 nitrogen and oxygen atoms in total. The molecule has 1 aliphatic carbocycles. The fourth-order valence-corrected chi connectivity index (χ4v) is 4.91. The van der Waals surface area contributed by atoms with Gasteiger partial charge in [0.15, 0.2) is 17.3 Å². The number of aliphatic imine (C=N–C) groups is 1. The minimum atomic E-state index is -0.422. The smallest absolute Gasteiger partial charge is 0.273 e. The highest BCUT2D eigenvalue weighted by atomic mass is 16.5. The molecule has 0 saturated heterocycles. The van der Waals surface area contributed by atoms with Gasteiger partial charge in [-0.3, -0.25) is 19.6 Å². The highest BCUT2D eigenvalue weighted by molar-refractivity contribution is 6.03. The predicted octanol–water partition coefficient (Wildman–Crippen LogP) is 6.02. The average molecular weight is 629 g/mol. The molecule has 1 saturated carbocycles. The quantitative estimate of drug-likeness (QED) is 0.167. The summed E-state index contributed by atoms with van der Waals surface area (Å²) in [5.41, 5.74) is 10.9. The Morgan fingerprint density at radius 3 is 2.41 bits per heavy atom. The molecule has 2 aromatic heterocycles. The first-order valence-electron chi connectivity index (χ1n) is 15.8. The largest absolute Gasteiger partial charge is 0.494 e. The second-order valence-corrected chi connectivity index (χ2v) is 11.5. The number of carbonyl (C=O) groups excluding carboxylic acids is 2. The van der Waals surface area contributed by atoms with Crippen molar-refractivity contribution in [1.82, 2.24) is 20.5 Å². The molecule has 1 aromatic carbocycles. The van der Waals surface area contributed by atoms with Gasteiger partial charge in [0.1, 0.15) is 0 Å². The molecular weight excluding hydrogens is 580 g/mol. The molecule has 46 heavy (non-hydrogen) atoms. The minimum absolute atomic E-state index is 0.00255. The molecule has 0 aliphatic heterocycles. The maximum atomic E-state index is 12.5. The molecule has 0 bridgehead atoms. The maximum Gasteiger partial charge on any atom is 0.273 e. The van der Waals surface area contributed by atoms with Crippen LogP contribution in [0.3, 0.4) is 0 Å². The van der Waals surface area contributed by atoms with Crippen molar-refractivity contribution in [3.8, 4) is 5.75 Å². The van der Waals surface area contributed by atoms with Crippen molar-refractivity contribution in [2.45, 2.75) is 59.8 Å². The van der Waals surface area contributed by atoms with Crippen molar-refractivity contribution in [3.05, 3.63) is 71.7 Å². The lowest BCUT2D eigenvalue weighted by Gasteiger charge is -2.19. The third-order valence-electron chi connectivity index (χ3n) is 7.55. The van der Waals surface area contributed by atoms with Gasteiger partial charge in [-0.1, -0.05) is 39.8 Å². The van der Waals surface area contributed by atoms with E-state index < -0.39 is 5.91 Å². The van der Waals surface area contributed by atoms with Gasteiger partial charge >= 0.3 is 0 Å². The second kappa shape index (κ2) is 17.6. The molecule has 0 spiro atoms. The lowest BCUT2D eigenvalue weighted by Crippen LogP contribution is -2.22. The number of nitrogens with zero attached hydrogens (tertiary/aromatic N) is 4. The number of benzene rings is 1. The van der Waals surface area contributed by atoms with Crippen LogP contribution in [-0.4, -0.2) is 53.9 Å². The van der Waals surface area contributed by atoms with E-state index in [9.17, 15) is 9.59 Å². The number of allylic oxidation sites excluding steroid dienone is 1. The summed E-state index contributed by atoms with van der Waals surface area (Å²) in [4.78, 5) is 33.4. The van der Waals surface area contributed by atoms with Crippen LogP contribution in [0.5, 0.6) is 5.75 Å². The molecule has 3 aromatic rings. The molecule has 2 amide bonds. The Balaban J connectivity index is 0.000000625. The molecule has 1 aliphatic rings. The molecule has 2 heterocycles. The monoisotopic (exact) mass is 628 g/mol. The summed E-state index contributed by atoms with van der Waals surface area (Å²) >= 11 is 0. The lowest BCUT2D eigenvalue weighted by atomic mass is 9.89. The first-order valence-corrected chi connectivity index (χ1v) is 15.8. The number of methoxy groups -OCH3 is 1. The summed E-state index contributed by atoms with van der Waals surface area (Å²) in [7, 11) is 4.86. The normalized spacial score (nSPS) is 13.7. The first kappa shape index (κ1) is 35.7. The number of ether oxygens (including phenoxy) is 1. The van der Waals surface area contributed by atoms with E-state index in [1.807, 2.05) is 48.7 Å². The zero-order valence-corrected chi connectivity index (χ0v) is 28.1. The molecule has 4 rings (SSSR count). The summed E-state index contributed by atoms with van der Waals surface area (Å²) < 4.78 is 5.77. The topological polar surface area (TPSA) is 157 Å². The van der Waals surface area contributed by atoms with E-state index in [1.165, 1.54) is 7.05 Å². The van der Waals surface area contributed by atoms with E-state index in [-0.39, 0.29) is 23.3 Å². The summed E-state index contributed by atoms with van der Waals surface area (Å²) in [6.07, 6.45) is 8.46. The number of nitrogens with two attached hydrogens (primary N) is 1. The van der Waals surface area contributed by atoms with Crippen molar-refractivity contribution in [3.63, 3.8) is 0 Å². The summed E-state index contributed by atoms with van der Waals surface area (Å²) in [6.45, 7) is 8.65. The van der Waals surface area contributed by atoms with E-state index in [0.29, 0.717) is 40.2 Å². The van der Waals surface area contributed by atoms with Gasteiger partial charge in [-0.25, -0.2) is 0 Å². The van der Waals surface area contributed by atoms with Gasteiger partial charge < -0.3 is 26.4 Å². The molecule has 1 unspecified atom stereocenters. The van der Waals surface area contributed by atoms with E-state index in [0.717, 1.165) is 43.5 Å². The van der Waals surface area contributed by atoms with E-state index in [4.69, 9.17) is 10.5 Å². The van der Waals surface area contributed by atoms with Crippen LogP contribution in [0.15, 0.2) is 59.7 Å². The average Bonchev–Trinajstić information content (AvgIpc) is 3.92. The Kier molecular flexibility index (Phi) is 13.7. The van der Waals surface area contributed by atoms with Crippen LogP contribution in [0.25, 0.3) is 5.70 Å². The number of aromatic nitrogens is 3. The van der Waals surface area contributed by atoms with Crippen molar-refractivity contribution in [2.75, 3.05) is 31.8 Å². The van der Waals surface area contributed by atoms with Crippen LogP contribution >= 0.6 is 0 Å². The number of carbonyl (C=O) groups is 2.